The maximum Gasteiger partial charge on any atom is 0.326 e. The van der Waals surface area contributed by atoms with Gasteiger partial charge in [0.25, 0.3) is 11.8 Å². The van der Waals surface area contributed by atoms with E-state index >= 15 is 0 Å². The fourth-order valence-corrected chi connectivity index (χ4v) is 3.22. The molecule has 1 spiro atoms. The third-order valence-corrected chi connectivity index (χ3v) is 4.71. The summed E-state index contributed by atoms with van der Waals surface area (Å²) in [6.07, 6.45) is 4.53. The van der Waals surface area contributed by atoms with Crippen molar-refractivity contribution >= 4 is 23.8 Å². The Balaban J connectivity index is 1.81. The van der Waals surface area contributed by atoms with Crippen molar-refractivity contribution in [1.29, 1.82) is 0 Å². The number of nitrogens with zero attached hydrogens (tertiary/aromatic N) is 1. The maximum absolute atomic E-state index is 12.4. The first-order chi connectivity index (χ1) is 11.4. The number of ether oxygens (including phenoxy) is 1. The van der Waals surface area contributed by atoms with Crippen LogP contribution in [-0.2, 0) is 19.1 Å². The first-order valence-corrected chi connectivity index (χ1v) is 8.51. The summed E-state index contributed by atoms with van der Waals surface area (Å²) in [5, 5.41) is 5.44. The number of hydrogen-bond donors (Lipinski definition) is 2. The molecule has 1 heterocycles. The molecule has 2 fully saturated rings. The number of esters is 1. The zero-order valence-electron chi connectivity index (χ0n) is 14.2. The largest absolute Gasteiger partial charge is 0.454 e. The minimum absolute atomic E-state index is 0.0457. The summed E-state index contributed by atoms with van der Waals surface area (Å²) in [6.45, 7) is 3.03. The summed E-state index contributed by atoms with van der Waals surface area (Å²) in [4.78, 5) is 48.8. The van der Waals surface area contributed by atoms with Gasteiger partial charge in [-0.3, -0.25) is 19.3 Å². The van der Waals surface area contributed by atoms with Crippen LogP contribution in [0.1, 0.15) is 52.4 Å². The Bertz CT molecular complexity index is 524. The molecule has 0 bridgehead atoms. The van der Waals surface area contributed by atoms with Gasteiger partial charge in [-0.15, -0.1) is 0 Å². The molecule has 2 rings (SSSR count). The molecule has 4 amide bonds. The molecule has 0 unspecified atom stereocenters. The maximum atomic E-state index is 12.4. The SMILES string of the molecule is CCC(CC)NC(=O)COC(=O)CN1C(=O)NC2(CCCC2)C1=O. The molecule has 2 aliphatic rings. The first kappa shape index (κ1) is 18.2. The number of nitrogens with one attached hydrogen (secondary N) is 2. The minimum Gasteiger partial charge on any atom is -0.454 e. The number of rotatable bonds is 7. The lowest BCUT2D eigenvalue weighted by atomic mass is 9.98. The molecule has 0 radical (unpaired) electrons. The van der Waals surface area contributed by atoms with Gasteiger partial charge in [-0.05, 0) is 25.7 Å². The zero-order chi connectivity index (χ0) is 17.7. The highest BCUT2D eigenvalue weighted by atomic mass is 16.5. The van der Waals surface area contributed by atoms with E-state index in [-0.39, 0.29) is 17.9 Å². The molecule has 1 aliphatic heterocycles. The summed E-state index contributed by atoms with van der Waals surface area (Å²) in [5.41, 5.74) is -0.843. The van der Waals surface area contributed by atoms with Crippen molar-refractivity contribution in [3.8, 4) is 0 Å². The van der Waals surface area contributed by atoms with Gasteiger partial charge in [-0.25, -0.2) is 4.79 Å². The van der Waals surface area contributed by atoms with E-state index in [0.29, 0.717) is 12.8 Å². The van der Waals surface area contributed by atoms with E-state index in [1.807, 2.05) is 13.8 Å². The van der Waals surface area contributed by atoms with Crippen LogP contribution in [0.4, 0.5) is 4.79 Å². The standard InChI is InChI=1S/C16H25N3O5/c1-3-11(4-2)17-12(20)10-24-13(21)9-19-14(22)16(18-15(19)23)7-5-6-8-16/h11H,3-10H2,1-2H3,(H,17,20)(H,18,23). The third kappa shape index (κ3) is 3.85. The first-order valence-electron chi connectivity index (χ1n) is 8.51. The molecule has 1 aliphatic carbocycles. The van der Waals surface area contributed by atoms with Gasteiger partial charge >= 0.3 is 12.0 Å². The number of imide groups is 1. The van der Waals surface area contributed by atoms with Crippen LogP contribution in [-0.4, -0.2) is 53.4 Å². The quantitative estimate of drug-likeness (QED) is 0.525. The van der Waals surface area contributed by atoms with Gasteiger partial charge < -0.3 is 15.4 Å². The molecule has 134 valence electrons. The molecule has 1 saturated heterocycles. The lowest BCUT2D eigenvalue weighted by molar-refractivity contribution is -0.151. The Morgan fingerprint density at radius 3 is 2.46 bits per heavy atom. The van der Waals surface area contributed by atoms with E-state index in [0.717, 1.165) is 30.6 Å². The summed E-state index contributed by atoms with van der Waals surface area (Å²) < 4.78 is 4.88. The fraction of sp³-hybridized carbons (Fsp3) is 0.750. The van der Waals surface area contributed by atoms with E-state index in [2.05, 4.69) is 10.6 Å². The van der Waals surface area contributed by atoms with Crippen LogP contribution in [0.3, 0.4) is 0 Å². The minimum atomic E-state index is -0.843. The summed E-state index contributed by atoms with van der Waals surface area (Å²) in [7, 11) is 0. The van der Waals surface area contributed by atoms with Crippen LogP contribution in [0.2, 0.25) is 0 Å². The number of hydrogen-bond acceptors (Lipinski definition) is 5. The van der Waals surface area contributed by atoms with Crippen molar-refractivity contribution in [3.63, 3.8) is 0 Å². The van der Waals surface area contributed by atoms with E-state index in [9.17, 15) is 19.2 Å². The molecule has 24 heavy (non-hydrogen) atoms. The van der Waals surface area contributed by atoms with E-state index in [1.165, 1.54) is 0 Å². The molecule has 8 heteroatoms. The molecule has 0 aromatic rings. The van der Waals surface area contributed by atoms with Crippen molar-refractivity contribution in [2.45, 2.75) is 64.0 Å². The summed E-state index contributed by atoms with van der Waals surface area (Å²) in [5.74, 6) is -1.53. The van der Waals surface area contributed by atoms with Crippen molar-refractivity contribution in [2.75, 3.05) is 13.2 Å². The van der Waals surface area contributed by atoms with Gasteiger partial charge in [-0.2, -0.15) is 0 Å². The van der Waals surface area contributed by atoms with Gasteiger partial charge in [0.1, 0.15) is 12.1 Å². The van der Waals surface area contributed by atoms with Crippen LogP contribution in [0.15, 0.2) is 0 Å². The molecular formula is C16H25N3O5. The van der Waals surface area contributed by atoms with E-state index in [1.54, 1.807) is 0 Å². The Hall–Kier alpha value is -2.12. The van der Waals surface area contributed by atoms with Crippen LogP contribution < -0.4 is 10.6 Å². The van der Waals surface area contributed by atoms with Gasteiger partial charge in [0, 0.05) is 6.04 Å². The Morgan fingerprint density at radius 1 is 1.25 bits per heavy atom. The molecule has 8 nitrogen and oxygen atoms in total. The molecule has 0 aromatic carbocycles. The summed E-state index contributed by atoms with van der Waals surface area (Å²) >= 11 is 0. The summed E-state index contributed by atoms with van der Waals surface area (Å²) in [6, 6.07) is -0.523. The van der Waals surface area contributed by atoms with Crippen molar-refractivity contribution in [3.05, 3.63) is 0 Å². The average molecular weight is 339 g/mol. The van der Waals surface area contributed by atoms with E-state index in [4.69, 9.17) is 4.74 Å². The predicted octanol–water partition coefficient (Wildman–Crippen LogP) is 0.699. The molecule has 0 atom stereocenters. The normalized spacial score (nSPS) is 19.0. The molecule has 1 saturated carbocycles. The van der Waals surface area contributed by atoms with Crippen molar-refractivity contribution in [2.24, 2.45) is 0 Å². The monoisotopic (exact) mass is 339 g/mol. The van der Waals surface area contributed by atoms with Crippen molar-refractivity contribution in [1.82, 2.24) is 15.5 Å². The van der Waals surface area contributed by atoms with Crippen LogP contribution >= 0.6 is 0 Å². The number of carbonyl (C=O) groups excluding carboxylic acids is 4. The van der Waals surface area contributed by atoms with Gasteiger partial charge in [0.05, 0.1) is 0 Å². The van der Waals surface area contributed by atoms with Crippen LogP contribution in [0, 0.1) is 0 Å². The second-order valence-electron chi connectivity index (χ2n) is 6.35. The highest BCUT2D eigenvalue weighted by Crippen LogP contribution is 2.34. The average Bonchev–Trinajstić information content (AvgIpc) is 3.12. The van der Waals surface area contributed by atoms with Gasteiger partial charge in [0.15, 0.2) is 6.61 Å². The second kappa shape index (κ2) is 7.63. The Morgan fingerprint density at radius 2 is 1.88 bits per heavy atom. The van der Waals surface area contributed by atoms with Crippen LogP contribution in [0.5, 0.6) is 0 Å². The van der Waals surface area contributed by atoms with Crippen molar-refractivity contribution < 1.29 is 23.9 Å². The highest BCUT2D eigenvalue weighted by molar-refractivity contribution is 6.08. The number of carbonyl (C=O) groups is 4. The highest BCUT2D eigenvalue weighted by Gasteiger charge is 2.52. The lowest BCUT2D eigenvalue weighted by Crippen LogP contribution is -2.44. The van der Waals surface area contributed by atoms with E-state index < -0.39 is 30.7 Å². The number of amides is 4. The smallest absolute Gasteiger partial charge is 0.326 e. The molecule has 2 N–H and O–H groups in total. The van der Waals surface area contributed by atoms with Gasteiger partial charge in [0.2, 0.25) is 0 Å². The second-order valence-corrected chi connectivity index (χ2v) is 6.35. The number of urea groups is 1. The topological polar surface area (TPSA) is 105 Å². The van der Waals surface area contributed by atoms with Gasteiger partial charge in [-0.1, -0.05) is 26.7 Å². The Kier molecular flexibility index (Phi) is 5.80. The Labute approximate surface area is 141 Å². The zero-order valence-corrected chi connectivity index (χ0v) is 14.2. The lowest BCUT2D eigenvalue weighted by Gasteiger charge is -2.19. The molecular weight excluding hydrogens is 314 g/mol. The predicted molar refractivity (Wildman–Crippen MR) is 84.9 cm³/mol. The molecule has 0 aromatic heterocycles. The van der Waals surface area contributed by atoms with Crippen LogP contribution in [0.25, 0.3) is 0 Å². The fourth-order valence-electron chi connectivity index (χ4n) is 3.22. The third-order valence-electron chi connectivity index (χ3n) is 4.71.